The molecule has 2 rings (SSSR count). The van der Waals surface area contributed by atoms with E-state index < -0.39 is 0 Å². The summed E-state index contributed by atoms with van der Waals surface area (Å²) in [6.45, 7) is 2.83. The molecule has 1 aromatic heterocycles. The van der Waals surface area contributed by atoms with Gasteiger partial charge in [0.1, 0.15) is 11.6 Å². The zero-order valence-corrected chi connectivity index (χ0v) is 9.73. The lowest BCUT2D eigenvalue weighted by molar-refractivity contribution is 0.00292. The Hall–Kier alpha value is -1.36. The molecule has 0 amide bonds. The highest BCUT2D eigenvalue weighted by atomic mass is 16.5. The first kappa shape index (κ1) is 11.1. The summed E-state index contributed by atoms with van der Waals surface area (Å²) in [4.78, 5) is 8.46. The normalized spacial score (nSPS) is 23.6. The summed E-state index contributed by atoms with van der Waals surface area (Å²) in [7, 11) is 1.84. The summed E-state index contributed by atoms with van der Waals surface area (Å²) in [5, 5.41) is 6.32. The molecular formula is C11H18N4O. The van der Waals surface area contributed by atoms with Crippen molar-refractivity contribution in [2.45, 2.75) is 31.9 Å². The van der Waals surface area contributed by atoms with Gasteiger partial charge in [-0.15, -0.1) is 0 Å². The fourth-order valence-electron chi connectivity index (χ4n) is 1.82. The van der Waals surface area contributed by atoms with E-state index in [9.17, 15) is 0 Å². The van der Waals surface area contributed by atoms with E-state index >= 15 is 0 Å². The van der Waals surface area contributed by atoms with Crippen LogP contribution in [0, 0.1) is 0 Å². The first-order valence-corrected chi connectivity index (χ1v) is 5.69. The van der Waals surface area contributed by atoms with Crippen LogP contribution in [0.2, 0.25) is 0 Å². The van der Waals surface area contributed by atoms with E-state index in [1.165, 1.54) is 0 Å². The average molecular weight is 222 g/mol. The molecule has 2 N–H and O–H groups in total. The van der Waals surface area contributed by atoms with Crippen LogP contribution in [0.25, 0.3) is 0 Å². The number of ether oxygens (including phenoxy) is 1. The second-order valence-corrected chi connectivity index (χ2v) is 3.93. The minimum absolute atomic E-state index is 0.419. The van der Waals surface area contributed by atoms with Gasteiger partial charge in [-0.1, -0.05) is 0 Å². The van der Waals surface area contributed by atoms with Crippen LogP contribution in [0.5, 0.6) is 0 Å². The van der Waals surface area contributed by atoms with Crippen LogP contribution in [-0.4, -0.2) is 35.8 Å². The van der Waals surface area contributed by atoms with Crippen molar-refractivity contribution >= 4 is 11.6 Å². The number of hydrogen-bond donors (Lipinski definition) is 2. The smallest absolute Gasteiger partial charge is 0.147 e. The van der Waals surface area contributed by atoms with Crippen LogP contribution in [0.4, 0.5) is 11.6 Å². The lowest BCUT2D eigenvalue weighted by Crippen LogP contribution is -2.41. The number of aromatic nitrogens is 2. The molecule has 5 heteroatoms. The van der Waals surface area contributed by atoms with Crippen LogP contribution >= 0.6 is 0 Å². The maximum absolute atomic E-state index is 5.50. The summed E-state index contributed by atoms with van der Waals surface area (Å²) >= 11 is 0. The van der Waals surface area contributed by atoms with Crippen molar-refractivity contribution < 1.29 is 4.74 Å². The third-order valence-electron chi connectivity index (χ3n) is 2.74. The van der Waals surface area contributed by atoms with Crippen molar-refractivity contribution in [1.29, 1.82) is 0 Å². The van der Waals surface area contributed by atoms with Gasteiger partial charge in [-0.2, -0.15) is 0 Å². The van der Waals surface area contributed by atoms with Gasteiger partial charge >= 0.3 is 0 Å². The zero-order valence-electron chi connectivity index (χ0n) is 9.73. The van der Waals surface area contributed by atoms with E-state index in [1.807, 2.05) is 14.0 Å². The van der Waals surface area contributed by atoms with E-state index in [1.54, 1.807) is 12.4 Å². The van der Waals surface area contributed by atoms with Crippen LogP contribution in [-0.2, 0) is 4.74 Å². The molecule has 0 unspecified atom stereocenters. The Bertz CT molecular complexity index is 339. The maximum atomic E-state index is 5.50. The van der Waals surface area contributed by atoms with E-state index in [2.05, 4.69) is 20.6 Å². The molecule has 1 saturated carbocycles. The van der Waals surface area contributed by atoms with Crippen LogP contribution in [0.1, 0.15) is 19.8 Å². The number of nitrogens with one attached hydrogen (secondary N) is 2. The van der Waals surface area contributed by atoms with Crippen LogP contribution in [0.3, 0.4) is 0 Å². The quantitative estimate of drug-likeness (QED) is 0.790. The topological polar surface area (TPSA) is 59.1 Å². The molecule has 1 aliphatic carbocycles. The molecule has 0 atom stereocenters. The summed E-state index contributed by atoms with van der Waals surface area (Å²) in [6.07, 6.45) is 5.98. The predicted molar refractivity (Wildman–Crippen MR) is 63.6 cm³/mol. The van der Waals surface area contributed by atoms with Gasteiger partial charge in [0, 0.05) is 19.7 Å². The number of anilines is 2. The Balaban J connectivity index is 1.82. The van der Waals surface area contributed by atoms with E-state index in [4.69, 9.17) is 4.74 Å². The first-order valence-electron chi connectivity index (χ1n) is 5.69. The van der Waals surface area contributed by atoms with Gasteiger partial charge in [0.2, 0.25) is 0 Å². The van der Waals surface area contributed by atoms with Crippen molar-refractivity contribution in [2.75, 3.05) is 24.3 Å². The third kappa shape index (κ3) is 2.61. The Kier molecular flexibility index (Phi) is 3.56. The highest BCUT2D eigenvalue weighted by molar-refractivity contribution is 5.42. The van der Waals surface area contributed by atoms with Crippen molar-refractivity contribution in [2.24, 2.45) is 0 Å². The van der Waals surface area contributed by atoms with Gasteiger partial charge in [-0.05, 0) is 19.8 Å². The van der Waals surface area contributed by atoms with Gasteiger partial charge in [-0.3, -0.25) is 4.98 Å². The van der Waals surface area contributed by atoms with Crippen molar-refractivity contribution in [3.8, 4) is 0 Å². The summed E-state index contributed by atoms with van der Waals surface area (Å²) in [5.74, 6) is 1.61. The lowest BCUT2D eigenvalue weighted by atomic mass is 9.89. The zero-order chi connectivity index (χ0) is 11.4. The van der Waals surface area contributed by atoms with Crippen molar-refractivity contribution in [3.63, 3.8) is 0 Å². The molecule has 88 valence electrons. The molecule has 1 heterocycles. The second kappa shape index (κ2) is 5.12. The fourth-order valence-corrected chi connectivity index (χ4v) is 1.82. The van der Waals surface area contributed by atoms with Gasteiger partial charge in [0.05, 0.1) is 18.5 Å². The Morgan fingerprint density at radius 1 is 1.38 bits per heavy atom. The third-order valence-corrected chi connectivity index (χ3v) is 2.74. The standard InChI is InChI=1S/C11H18N4O/c1-3-16-9-4-8(5-9)14-11-7-13-6-10(12-2)15-11/h6-9H,3-5H2,1-2H3,(H2,12,14,15). The molecule has 0 aromatic carbocycles. The second-order valence-electron chi connectivity index (χ2n) is 3.93. The number of hydrogen-bond acceptors (Lipinski definition) is 5. The van der Waals surface area contributed by atoms with Crippen molar-refractivity contribution in [1.82, 2.24) is 9.97 Å². The molecule has 0 aliphatic heterocycles. The van der Waals surface area contributed by atoms with E-state index in [0.717, 1.165) is 31.1 Å². The van der Waals surface area contributed by atoms with Gasteiger partial charge in [-0.25, -0.2) is 4.98 Å². The van der Waals surface area contributed by atoms with Gasteiger partial charge < -0.3 is 15.4 Å². The van der Waals surface area contributed by atoms with Crippen LogP contribution in [0.15, 0.2) is 12.4 Å². The Morgan fingerprint density at radius 3 is 2.81 bits per heavy atom. The minimum Gasteiger partial charge on any atom is -0.378 e. The summed E-state index contributed by atoms with van der Waals surface area (Å²) in [6, 6.07) is 0.470. The molecular weight excluding hydrogens is 204 g/mol. The largest absolute Gasteiger partial charge is 0.378 e. The summed E-state index contributed by atoms with van der Waals surface area (Å²) < 4.78 is 5.50. The van der Waals surface area contributed by atoms with Crippen LogP contribution < -0.4 is 10.6 Å². The molecule has 0 bridgehead atoms. The van der Waals surface area contributed by atoms with Crippen molar-refractivity contribution in [3.05, 3.63) is 12.4 Å². The highest BCUT2D eigenvalue weighted by Crippen LogP contribution is 2.26. The number of rotatable bonds is 5. The first-order chi connectivity index (χ1) is 7.81. The molecule has 0 saturated heterocycles. The monoisotopic (exact) mass is 222 g/mol. The van der Waals surface area contributed by atoms with E-state index in [-0.39, 0.29) is 0 Å². The SMILES string of the molecule is CCOC1CC(Nc2cncc(NC)n2)C1. The van der Waals surface area contributed by atoms with Gasteiger partial charge in [0.25, 0.3) is 0 Å². The Morgan fingerprint density at radius 2 is 2.12 bits per heavy atom. The molecule has 0 spiro atoms. The molecule has 1 fully saturated rings. The molecule has 1 aromatic rings. The molecule has 16 heavy (non-hydrogen) atoms. The molecule has 1 aliphatic rings. The van der Waals surface area contributed by atoms with E-state index in [0.29, 0.717) is 12.1 Å². The average Bonchev–Trinajstić information content (AvgIpc) is 2.27. The highest BCUT2D eigenvalue weighted by Gasteiger charge is 2.29. The number of nitrogens with zero attached hydrogens (tertiary/aromatic N) is 2. The van der Waals surface area contributed by atoms with Gasteiger partial charge in [0.15, 0.2) is 0 Å². The minimum atomic E-state index is 0.419. The maximum Gasteiger partial charge on any atom is 0.147 e. The molecule has 0 radical (unpaired) electrons. The summed E-state index contributed by atoms with van der Waals surface area (Å²) in [5.41, 5.74) is 0. The fraction of sp³-hybridized carbons (Fsp3) is 0.636. The lowest BCUT2D eigenvalue weighted by Gasteiger charge is -2.35. The molecule has 5 nitrogen and oxygen atoms in total. The Labute approximate surface area is 95.6 Å². The predicted octanol–water partition coefficient (Wildman–Crippen LogP) is 1.50.